The summed E-state index contributed by atoms with van der Waals surface area (Å²) in [7, 11) is 0. The molecule has 2 heterocycles. The number of carbonyl (C=O) groups is 1. The van der Waals surface area contributed by atoms with Gasteiger partial charge in [-0.1, -0.05) is 40.9 Å². The number of hydrogen-bond donors (Lipinski definition) is 1. The molecule has 0 aliphatic carbocycles. The number of aromatic nitrogens is 4. The van der Waals surface area contributed by atoms with E-state index in [0.717, 1.165) is 10.0 Å². The van der Waals surface area contributed by atoms with Crippen LogP contribution in [0.3, 0.4) is 0 Å². The van der Waals surface area contributed by atoms with Gasteiger partial charge in [-0.15, -0.1) is 0 Å². The predicted octanol–water partition coefficient (Wildman–Crippen LogP) is 5.05. The number of nitrogens with zero attached hydrogens (tertiary/aromatic N) is 4. The molecule has 0 spiro atoms. The summed E-state index contributed by atoms with van der Waals surface area (Å²) in [5.41, 5.74) is 0.836. The zero-order valence-electron chi connectivity index (χ0n) is 13.5. The van der Waals surface area contributed by atoms with E-state index >= 15 is 0 Å². The summed E-state index contributed by atoms with van der Waals surface area (Å²) in [5.74, 6) is -0.00269. The lowest BCUT2D eigenvalue weighted by Gasteiger charge is -2.11. The fourth-order valence-corrected chi connectivity index (χ4v) is 3.22. The third kappa shape index (κ3) is 4.40. The molecular weight excluding hydrogens is 464 g/mol. The third-order valence-electron chi connectivity index (χ3n) is 3.65. The van der Waals surface area contributed by atoms with Crippen LogP contribution in [0.15, 0.2) is 41.3 Å². The van der Waals surface area contributed by atoms with E-state index in [1.54, 1.807) is 42.3 Å². The van der Waals surface area contributed by atoms with Gasteiger partial charge < -0.3 is 5.32 Å². The lowest BCUT2D eigenvalue weighted by atomic mass is 10.2. The Morgan fingerprint density at radius 3 is 2.69 bits per heavy atom. The number of rotatable bonds is 5. The zero-order chi connectivity index (χ0) is 18.8. The molecule has 0 aliphatic heterocycles. The van der Waals surface area contributed by atoms with Gasteiger partial charge in [0.05, 0.1) is 17.2 Å². The van der Waals surface area contributed by atoms with Crippen molar-refractivity contribution in [2.75, 3.05) is 5.32 Å². The van der Waals surface area contributed by atoms with Crippen molar-refractivity contribution in [2.24, 2.45) is 0 Å². The summed E-state index contributed by atoms with van der Waals surface area (Å²) in [5, 5.41) is 12.6. The van der Waals surface area contributed by atoms with E-state index in [9.17, 15) is 4.79 Å². The van der Waals surface area contributed by atoms with Crippen molar-refractivity contribution >= 4 is 62.5 Å². The molecule has 136 valence electrons. The Morgan fingerprint density at radius 1 is 1.27 bits per heavy atom. The van der Waals surface area contributed by atoms with Gasteiger partial charge in [0, 0.05) is 22.4 Å². The molecule has 0 bridgehead atoms. The minimum absolute atomic E-state index is 0.278. The smallest absolute Gasteiger partial charge is 0.250 e. The Kier molecular flexibility index (Phi) is 5.92. The average Bonchev–Trinajstić information content (AvgIpc) is 3.15. The van der Waals surface area contributed by atoms with Crippen LogP contribution in [0.2, 0.25) is 15.1 Å². The van der Waals surface area contributed by atoms with E-state index in [1.165, 1.54) is 4.68 Å². The number of carbonyl (C=O) groups excluding carboxylic acids is 1. The van der Waals surface area contributed by atoms with Crippen molar-refractivity contribution < 1.29 is 4.79 Å². The highest BCUT2D eigenvalue weighted by Gasteiger charge is 2.19. The molecule has 0 saturated carbocycles. The largest absolute Gasteiger partial charge is 0.306 e. The van der Waals surface area contributed by atoms with Gasteiger partial charge in [-0.25, -0.2) is 0 Å². The van der Waals surface area contributed by atoms with E-state index in [-0.39, 0.29) is 11.7 Å². The standard InChI is InChI=1S/C16H13BrCl3N5O/c1-9(25-7-11(17)5-21-25)16(26)22-15-14(20)8-24(23-15)6-10-2-3-12(18)4-13(10)19/h2-5,7-9H,6H2,1H3,(H,22,23,26). The number of amides is 1. The van der Waals surface area contributed by atoms with Crippen LogP contribution in [-0.2, 0) is 11.3 Å². The van der Waals surface area contributed by atoms with Crippen molar-refractivity contribution in [3.05, 3.63) is 61.9 Å². The molecule has 0 fully saturated rings. The second-order valence-electron chi connectivity index (χ2n) is 5.56. The fraction of sp³-hybridized carbons (Fsp3) is 0.188. The monoisotopic (exact) mass is 475 g/mol. The molecule has 26 heavy (non-hydrogen) atoms. The summed E-state index contributed by atoms with van der Waals surface area (Å²) in [6.07, 6.45) is 4.95. The first kappa shape index (κ1) is 19.2. The maximum absolute atomic E-state index is 12.4. The van der Waals surface area contributed by atoms with Crippen molar-refractivity contribution in [3.63, 3.8) is 0 Å². The number of benzene rings is 1. The first-order chi connectivity index (χ1) is 12.3. The first-order valence-corrected chi connectivity index (χ1v) is 9.43. The van der Waals surface area contributed by atoms with E-state index in [2.05, 4.69) is 31.4 Å². The van der Waals surface area contributed by atoms with Crippen molar-refractivity contribution in [3.8, 4) is 0 Å². The molecule has 10 heteroatoms. The van der Waals surface area contributed by atoms with Crippen molar-refractivity contribution in [1.82, 2.24) is 19.6 Å². The SMILES string of the molecule is CC(C(=O)Nc1nn(Cc2ccc(Cl)cc2Cl)cc1Cl)n1cc(Br)cn1. The Hall–Kier alpha value is -1.54. The zero-order valence-corrected chi connectivity index (χ0v) is 17.3. The maximum Gasteiger partial charge on any atom is 0.250 e. The van der Waals surface area contributed by atoms with Crippen LogP contribution >= 0.6 is 50.7 Å². The van der Waals surface area contributed by atoms with Crippen LogP contribution in [-0.4, -0.2) is 25.5 Å². The van der Waals surface area contributed by atoms with Gasteiger partial charge in [0.2, 0.25) is 5.91 Å². The molecular formula is C16H13BrCl3N5O. The van der Waals surface area contributed by atoms with Gasteiger partial charge in [-0.2, -0.15) is 10.2 Å². The molecule has 1 amide bonds. The highest BCUT2D eigenvalue weighted by molar-refractivity contribution is 9.10. The Bertz CT molecular complexity index is 955. The van der Waals surface area contributed by atoms with Gasteiger partial charge in [-0.3, -0.25) is 14.2 Å². The van der Waals surface area contributed by atoms with Crippen LogP contribution in [0, 0.1) is 0 Å². The number of halogens is 4. The van der Waals surface area contributed by atoms with E-state index in [1.807, 2.05) is 6.07 Å². The molecule has 0 radical (unpaired) electrons. The van der Waals surface area contributed by atoms with Crippen LogP contribution in [0.1, 0.15) is 18.5 Å². The Balaban J connectivity index is 1.72. The minimum Gasteiger partial charge on any atom is -0.306 e. The predicted molar refractivity (Wildman–Crippen MR) is 106 cm³/mol. The van der Waals surface area contributed by atoms with E-state index in [4.69, 9.17) is 34.8 Å². The highest BCUT2D eigenvalue weighted by Crippen LogP contribution is 2.25. The second-order valence-corrected chi connectivity index (χ2v) is 7.73. The lowest BCUT2D eigenvalue weighted by Crippen LogP contribution is -2.24. The number of anilines is 1. The van der Waals surface area contributed by atoms with Gasteiger partial charge in [0.15, 0.2) is 5.82 Å². The van der Waals surface area contributed by atoms with E-state index in [0.29, 0.717) is 21.6 Å². The fourth-order valence-electron chi connectivity index (χ4n) is 2.26. The summed E-state index contributed by atoms with van der Waals surface area (Å²) in [4.78, 5) is 12.4. The molecule has 0 aliphatic rings. The topological polar surface area (TPSA) is 64.7 Å². The van der Waals surface area contributed by atoms with Gasteiger partial charge in [-0.05, 0) is 40.5 Å². The van der Waals surface area contributed by atoms with Gasteiger partial charge in [0.1, 0.15) is 11.1 Å². The molecule has 1 unspecified atom stereocenters. The summed E-state index contributed by atoms with van der Waals surface area (Å²) >= 11 is 21.6. The molecule has 1 aromatic carbocycles. The maximum atomic E-state index is 12.4. The summed E-state index contributed by atoms with van der Waals surface area (Å²) in [6, 6.07) is 4.71. The molecule has 3 aromatic rings. The molecule has 1 atom stereocenters. The van der Waals surface area contributed by atoms with Crippen LogP contribution < -0.4 is 5.32 Å². The molecule has 1 N–H and O–H groups in total. The van der Waals surface area contributed by atoms with Crippen molar-refractivity contribution in [2.45, 2.75) is 19.5 Å². The Morgan fingerprint density at radius 2 is 2.04 bits per heavy atom. The number of nitrogens with one attached hydrogen (secondary N) is 1. The molecule has 3 rings (SSSR count). The van der Waals surface area contributed by atoms with Crippen LogP contribution in [0.5, 0.6) is 0 Å². The lowest BCUT2D eigenvalue weighted by molar-refractivity contribution is -0.119. The highest BCUT2D eigenvalue weighted by atomic mass is 79.9. The summed E-state index contributed by atoms with van der Waals surface area (Å²) in [6.45, 7) is 2.13. The summed E-state index contributed by atoms with van der Waals surface area (Å²) < 4.78 is 3.93. The Labute approximate surface area is 173 Å². The second kappa shape index (κ2) is 8.00. The van der Waals surface area contributed by atoms with Crippen LogP contribution in [0.4, 0.5) is 5.82 Å². The van der Waals surface area contributed by atoms with Crippen LogP contribution in [0.25, 0.3) is 0 Å². The third-order valence-corrected chi connectivity index (χ3v) is 4.93. The van der Waals surface area contributed by atoms with Crippen molar-refractivity contribution in [1.29, 1.82) is 0 Å². The minimum atomic E-state index is -0.520. The molecule has 0 saturated heterocycles. The average molecular weight is 478 g/mol. The van der Waals surface area contributed by atoms with Gasteiger partial charge in [0.25, 0.3) is 0 Å². The first-order valence-electron chi connectivity index (χ1n) is 7.51. The number of hydrogen-bond acceptors (Lipinski definition) is 3. The van der Waals surface area contributed by atoms with E-state index < -0.39 is 6.04 Å². The molecule has 2 aromatic heterocycles. The van der Waals surface area contributed by atoms with Gasteiger partial charge >= 0.3 is 0 Å². The normalized spacial score (nSPS) is 12.2. The quantitative estimate of drug-likeness (QED) is 0.559. The molecule has 6 nitrogen and oxygen atoms in total.